The molecule has 0 amide bonds. The second-order valence-electron chi connectivity index (χ2n) is 4.78. The summed E-state index contributed by atoms with van der Waals surface area (Å²) in [4.78, 5) is 1.30. The van der Waals surface area contributed by atoms with E-state index in [1.54, 1.807) is 18.4 Å². The molecule has 17 heavy (non-hydrogen) atoms. The highest BCUT2D eigenvalue weighted by molar-refractivity contribution is 7.10. The van der Waals surface area contributed by atoms with Crippen LogP contribution in [-0.2, 0) is 0 Å². The van der Waals surface area contributed by atoms with Gasteiger partial charge in [0, 0.05) is 10.3 Å². The van der Waals surface area contributed by atoms with Gasteiger partial charge in [0.25, 0.3) is 0 Å². The number of ether oxygens (including phenoxy) is 1. The lowest BCUT2D eigenvalue weighted by Gasteiger charge is -2.24. The van der Waals surface area contributed by atoms with Crippen LogP contribution in [0.4, 0.5) is 0 Å². The van der Waals surface area contributed by atoms with Gasteiger partial charge >= 0.3 is 0 Å². The average Bonchev–Trinajstić information content (AvgIpc) is 2.66. The van der Waals surface area contributed by atoms with Crippen LogP contribution >= 0.6 is 11.3 Å². The van der Waals surface area contributed by atoms with Crippen LogP contribution in [-0.4, -0.2) is 7.11 Å². The van der Waals surface area contributed by atoms with Crippen LogP contribution in [0.1, 0.15) is 49.4 Å². The Balaban J connectivity index is 2.08. The van der Waals surface area contributed by atoms with E-state index in [4.69, 9.17) is 10.6 Å². The summed E-state index contributed by atoms with van der Waals surface area (Å²) in [6.07, 6.45) is 8.00. The van der Waals surface area contributed by atoms with Crippen molar-refractivity contribution in [3.63, 3.8) is 0 Å². The van der Waals surface area contributed by atoms with Crippen molar-refractivity contribution < 1.29 is 4.74 Å². The molecule has 1 fully saturated rings. The molecule has 3 nitrogen and oxygen atoms in total. The number of hydrogen-bond acceptors (Lipinski definition) is 4. The summed E-state index contributed by atoms with van der Waals surface area (Å²) in [7, 11) is 1.71. The molecule has 1 saturated carbocycles. The number of nitrogens with one attached hydrogen (secondary N) is 1. The molecule has 2 rings (SSSR count). The highest BCUT2D eigenvalue weighted by Crippen LogP contribution is 2.36. The largest absolute Gasteiger partial charge is 0.496 e. The van der Waals surface area contributed by atoms with Crippen LogP contribution in [0.25, 0.3) is 0 Å². The maximum absolute atomic E-state index is 5.75. The molecule has 0 aromatic carbocycles. The van der Waals surface area contributed by atoms with Crippen LogP contribution in [0.2, 0.25) is 0 Å². The van der Waals surface area contributed by atoms with E-state index >= 15 is 0 Å². The molecule has 1 aliphatic rings. The van der Waals surface area contributed by atoms with Gasteiger partial charge in [0.2, 0.25) is 0 Å². The summed E-state index contributed by atoms with van der Waals surface area (Å²) in [6.45, 7) is 0. The zero-order valence-electron chi connectivity index (χ0n) is 10.4. The second kappa shape index (κ2) is 6.38. The molecule has 0 radical (unpaired) electrons. The van der Waals surface area contributed by atoms with Crippen molar-refractivity contribution in [2.75, 3.05) is 7.11 Å². The molecular formula is C13H22N2OS. The van der Waals surface area contributed by atoms with E-state index in [0.717, 1.165) is 5.75 Å². The van der Waals surface area contributed by atoms with Crippen LogP contribution < -0.4 is 16.0 Å². The Kier molecular flexibility index (Phi) is 4.83. The molecule has 4 heteroatoms. The van der Waals surface area contributed by atoms with E-state index in [2.05, 4.69) is 16.9 Å². The zero-order chi connectivity index (χ0) is 12.1. The van der Waals surface area contributed by atoms with E-state index in [9.17, 15) is 0 Å². The van der Waals surface area contributed by atoms with Crippen molar-refractivity contribution in [1.29, 1.82) is 0 Å². The molecule has 1 aliphatic carbocycles. The van der Waals surface area contributed by atoms with Gasteiger partial charge in [-0.2, -0.15) is 0 Å². The van der Waals surface area contributed by atoms with Crippen LogP contribution in [0.5, 0.6) is 5.75 Å². The summed E-state index contributed by atoms with van der Waals surface area (Å²) >= 11 is 1.74. The summed E-state index contributed by atoms with van der Waals surface area (Å²) in [6, 6.07) is 2.40. The molecule has 0 saturated heterocycles. The van der Waals surface area contributed by atoms with Crippen molar-refractivity contribution in [3.05, 3.63) is 16.3 Å². The molecule has 1 aromatic rings. The predicted octanol–water partition coefficient (Wildman–Crippen LogP) is 3.23. The first-order valence-electron chi connectivity index (χ1n) is 6.43. The monoisotopic (exact) mass is 254 g/mol. The van der Waals surface area contributed by atoms with E-state index < -0.39 is 0 Å². The van der Waals surface area contributed by atoms with Crippen molar-refractivity contribution in [1.82, 2.24) is 5.43 Å². The van der Waals surface area contributed by atoms with Gasteiger partial charge in [-0.15, -0.1) is 11.3 Å². The number of hydrogen-bond donors (Lipinski definition) is 2. The molecule has 1 unspecified atom stereocenters. The minimum Gasteiger partial charge on any atom is -0.496 e. The minimum atomic E-state index is 0.294. The van der Waals surface area contributed by atoms with Crippen LogP contribution in [0.15, 0.2) is 11.4 Å². The maximum atomic E-state index is 5.75. The van der Waals surface area contributed by atoms with Crippen molar-refractivity contribution in [2.45, 2.75) is 44.6 Å². The Morgan fingerprint density at radius 2 is 2.06 bits per heavy atom. The minimum absolute atomic E-state index is 0.294. The molecule has 1 aromatic heterocycles. The van der Waals surface area contributed by atoms with Gasteiger partial charge in [-0.1, -0.05) is 25.7 Å². The van der Waals surface area contributed by atoms with Crippen molar-refractivity contribution in [3.8, 4) is 5.75 Å². The number of methoxy groups -OCH3 is 1. The zero-order valence-corrected chi connectivity index (χ0v) is 11.3. The average molecular weight is 254 g/mol. The lowest BCUT2D eigenvalue weighted by Crippen LogP contribution is -2.33. The Hall–Kier alpha value is -0.580. The first kappa shape index (κ1) is 12.9. The molecular weight excluding hydrogens is 232 g/mol. The third-order valence-corrected chi connectivity index (χ3v) is 4.68. The first-order chi connectivity index (χ1) is 8.35. The Bertz CT molecular complexity index is 332. The SMILES string of the molecule is COc1csc(C(NN)C2CCCCCC2)c1. The normalized spacial score (nSPS) is 19.9. The molecule has 0 aliphatic heterocycles. The van der Waals surface area contributed by atoms with Gasteiger partial charge in [-0.25, -0.2) is 0 Å². The van der Waals surface area contributed by atoms with E-state index in [1.165, 1.54) is 43.4 Å². The van der Waals surface area contributed by atoms with Gasteiger partial charge in [0.05, 0.1) is 13.2 Å². The van der Waals surface area contributed by atoms with E-state index in [0.29, 0.717) is 12.0 Å². The van der Waals surface area contributed by atoms with Gasteiger partial charge < -0.3 is 4.74 Å². The van der Waals surface area contributed by atoms with E-state index in [1.807, 2.05) is 0 Å². The Morgan fingerprint density at radius 1 is 1.35 bits per heavy atom. The highest BCUT2D eigenvalue weighted by atomic mass is 32.1. The summed E-state index contributed by atoms with van der Waals surface area (Å²) < 4.78 is 5.24. The van der Waals surface area contributed by atoms with Crippen LogP contribution in [0.3, 0.4) is 0 Å². The first-order valence-corrected chi connectivity index (χ1v) is 7.31. The van der Waals surface area contributed by atoms with Crippen molar-refractivity contribution >= 4 is 11.3 Å². The Labute approximate surface area is 107 Å². The van der Waals surface area contributed by atoms with Gasteiger partial charge in [0.1, 0.15) is 5.75 Å². The fourth-order valence-corrected chi connectivity index (χ4v) is 3.71. The van der Waals surface area contributed by atoms with Gasteiger partial charge in [-0.3, -0.25) is 11.3 Å². The number of thiophene rings is 1. The molecule has 3 N–H and O–H groups in total. The van der Waals surface area contributed by atoms with Gasteiger partial charge in [-0.05, 0) is 24.8 Å². The Morgan fingerprint density at radius 3 is 2.59 bits per heavy atom. The smallest absolute Gasteiger partial charge is 0.129 e. The molecule has 96 valence electrons. The number of rotatable bonds is 4. The third kappa shape index (κ3) is 3.21. The molecule has 0 spiro atoms. The molecule has 0 bridgehead atoms. The predicted molar refractivity (Wildman–Crippen MR) is 72.1 cm³/mol. The summed E-state index contributed by atoms with van der Waals surface area (Å²) in [5.74, 6) is 7.37. The highest BCUT2D eigenvalue weighted by Gasteiger charge is 2.24. The maximum Gasteiger partial charge on any atom is 0.129 e. The lowest BCUT2D eigenvalue weighted by molar-refractivity contribution is 0.332. The topological polar surface area (TPSA) is 47.3 Å². The van der Waals surface area contributed by atoms with E-state index in [-0.39, 0.29) is 0 Å². The summed E-state index contributed by atoms with van der Waals surface area (Å²) in [5.41, 5.74) is 3.01. The van der Waals surface area contributed by atoms with Crippen LogP contribution in [0, 0.1) is 5.92 Å². The fraction of sp³-hybridized carbons (Fsp3) is 0.692. The third-order valence-electron chi connectivity index (χ3n) is 3.69. The second-order valence-corrected chi connectivity index (χ2v) is 5.73. The standard InChI is InChI=1S/C13H22N2OS/c1-16-11-8-12(17-9-11)13(15-14)10-6-4-2-3-5-7-10/h8-10,13,15H,2-7,14H2,1H3. The fourth-order valence-electron chi connectivity index (χ4n) is 2.70. The number of nitrogens with two attached hydrogens (primary N) is 1. The number of hydrazine groups is 1. The molecule has 1 heterocycles. The van der Waals surface area contributed by atoms with Gasteiger partial charge in [0.15, 0.2) is 0 Å². The summed E-state index contributed by atoms with van der Waals surface area (Å²) in [5, 5.41) is 2.05. The quantitative estimate of drug-likeness (QED) is 0.492. The van der Waals surface area contributed by atoms with Crippen molar-refractivity contribution in [2.24, 2.45) is 11.8 Å². The molecule has 1 atom stereocenters. The lowest BCUT2D eigenvalue weighted by atomic mass is 9.91.